The van der Waals surface area contributed by atoms with E-state index in [-0.39, 0.29) is 6.61 Å². The summed E-state index contributed by atoms with van der Waals surface area (Å²) < 4.78 is 157. The maximum Gasteiger partial charge on any atom is 0.303 e. The molecule has 0 saturated carbocycles. The Morgan fingerprint density at radius 1 is 0.198 bits per heavy atom. The maximum absolute atomic E-state index is 14.0. The second kappa shape index (κ2) is 48.1. The van der Waals surface area contributed by atoms with E-state index in [9.17, 15) is 76.7 Å². The fourth-order valence-electron chi connectivity index (χ4n) is 13.2. The number of rotatable bonds is 41. The highest BCUT2D eigenvalue weighted by Gasteiger charge is 2.63. The molecular formula is C74H108O42. The van der Waals surface area contributed by atoms with Gasteiger partial charge in [-0.1, -0.05) is 64.7 Å². The molecular weight excluding hydrogens is 1560 g/mol. The zero-order valence-corrected chi connectivity index (χ0v) is 67.9. The summed E-state index contributed by atoms with van der Waals surface area (Å²) in [4.78, 5) is 211. The Balaban J connectivity index is 1.83. The van der Waals surface area contributed by atoms with Crippen molar-refractivity contribution in [3.05, 3.63) is 0 Å². The number of carbonyl (C=O) groups is 16. The quantitative estimate of drug-likeness (QED) is 0.0481. The van der Waals surface area contributed by atoms with Crippen molar-refractivity contribution in [1.29, 1.82) is 0 Å². The Bertz CT molecular complexity index is 3340. The molecule has 0 unspecified atom stereocenters. The molecule has 0 radical (unpaired) electrons. The van der Waals surface area contributed by atoms with Gasteiger partial charge in [0.1, 0.15) is 81.9 Å². The van der Waals surface area contributed by atoms with E-state index in [0.717, 1.165) is 162 Å². The molecule has 0 aromatic heterocycles. The lowest BCUT2D eigenvalue weighted by atomic mass is 9.94. The molecule has 5 rings (SSSR count). The molecule has 656 valence electrons. The van der Waals surface area contributed by atoms with Gasteiger partial charge in [-0.25, -0.2) is 0 Å². The SMILES string of the molecule is CCCCCCCCCCCCO[C@H]1O[C@H](COC(C)=O)[C@@H](OC(C)=O)[C@H](OC(C)=O)[C@@H]1O[C@H]1O[C@H](COC(C)=O)[C@@H](OC(C)=O)[C@H](O[C@H]2O[C@H](COC(C)=O)[C@@H](OC(C)=O)[C@H](O[C@H]3O[C@H](COC(C)=O)[C@@H](OC(C)=O)[C@H](O[C@H]4O[C@H](COC(C)=O)[C@@H](OC(C)=O)[C@H](OC(C)=O)[C@@H]4OC(C)=O)[C@@H]3OC(C)=O)[C@@H]2OC(C)=O)[C@@H]1OC(C)=O. The molecule has 116 heavy (non-hydrogen) atoms. The molecule has 42 heteroatoms. The van der Waals surface area contributed by atoms with Crippen molar-refractivity contribution in [2.75, 3.05) is 39.6 Å². The molecule has 0 spiro atoms. The molecule has 25 atom stereocenters. The van der Waals surface area contributed by atoms with E-state index >= 15 is 0 Å². The summed E-state index contributed by atoms with van der Waals surface area (Å²) in [5.74, 6) is -17.2. The second-order valence-corrected chi connectivity index (χ2v) is 27.5. The van der Waals surface area contributed by atoms with Crippen molar-refractivity contribution in [3.8, 4) is 0 Å². The lowest BCUT2D eigenvalue weighted by Crippen LogP contribution is -2.70. The Morgan fingerprint density at radius 3 is 0.612 bits per heavy atom. The first-order valence-corrected chi connectivity index (χ1v) is 37.8. The fraction of sp³-hybridized carbons (Fsp3) is 0.784. The van der Waals surface area contributed by atoms with Gasteiger partial charge in [0.2, 0.25) is 0 Å². The van der Waals surface area contributed by atoms with Gasteiger partial charge in [-0.15, -0.1) is 0 Å². The van der Waals surface area contributed by atoms with Gasteiger partial charge in [0, 0.05) is 117 Å². The Morgan fingerprint density at radius 2 is 0.379 bits per heavy atom. The van der Waals surface area contributed by atoms with Crippen LogP contribution in [-0.4, -0.2) is 289 Å². The third kappa shape index (κ3) is 31.9. The molecule has 42 nitrogen and oxygen atoms in total. The summed E-state index contributed by atoms with van der Waals surface area (Å²) in [7, 11) is 0. The number of carbonyl (C=O) groups excluding carboxylic acids is 16. The van der Waals surface area contributed by atoms with E-state index in [1.54, 1.807) is 0 Å². The first-order valence-electron chi connectivity index (χ1n) is 37.8. The third-order valence-electron chi connectivity index (χ3n) is 17.5. The predicted molar refractivity (Wildman–Crippen MR) is 375 cm³/mol. The van der Waals surface area contributed by atoms with E-state index in [1.807, 2.05) is 0 Å². The summed E-state index contributed by atoms with van der Waals surface area (Å²) in [5, 5.41) is 0. The van der Waals surface area contributed by atoms with Gasteiger partial charge in [0.25, 0.3) is 0 Å². The molecule has 0 aromatic rings. The van der Waals surface area contributed by atoms with E-state index < -0.39 is 282 Å². The number of hydrogen-bond donors (Lipinski definition) is 0. The third-order valence-corrected chi connectivity index (χ3v) is 17.5. The normalized spacial score (nSPS) is 30.8. The lowest BCUT2D eigenvalue weighted by molar-refractivity contribution is -0.397. The lowest BCUT2D eigenvalue weighted by Gasteiger charge is -2.51. The average Bonchev–Trinajstić information content (AvgIpc) is 0.758. The number of ether oxygens (including phenoxy) is 26. The monoisotopic (exact) mass is 1670 g/mol. The Kier molecular flexibility index (Phi) is 40.5. The summed E-state index contributed by atoms with van der Waals surface area (Å²) >= 11 is 0. The highest BCUT2D eigenvalue weighted by molar-refractivity contribution is 5.72. The fourth-order valence-corrected chi connectivity index (χ4v) is 13.2. The van der Waals surface area contributed by atoms with Gasteiger partial charge in [-0.05, 0) is 6.42 Å². The van der Waals surface area contributed by atoms with Crippen molar-refractivity contribution in [3.63, 3.8) is 0 Å². The summed E-state index contributed by atoms with van der Waals surface area (Å²) in [5.41, 5.74) is 0. The van der Waals surface area contributed by atoms with Crippen LogP contribution in [0.5, 0.6) is 0 Å². The maximum atomic E-state index is 14.0. The van der Waals surface area contributed by atoms with Crippen molar-refractivity contribution >= 4 is 95.5 Å². The molecule has 5 heterocycles. The minimum atomic E-state index is -2.43. The van der Waals surface area contributed by atoms with Crippen LogP contribution in [0.15, 0.2) is 0 Å². The standard InChI is InChI=1S/C74H108O42/c1-18-19-20-21-22-23-24-25-26-27-28-91-70-65(60(102-44(12)85)55(97-39(7)80)50(108-70)29-92-34(2)75)116-74-69(107-49(17)90)64(59(101-43(11)84)54(112-74)33-96-38(6)79)115-73-68(106-48(16)89)63(58(100-42(10)83)53(111-73)32-95-37(5)78)114-72-67(105-47(15)88)62(57(99-41(9)82)52(110-72)31-94-36(4)77)113-71-66(104-46(14)87)61(103-45(13)86)56(98-40(8)81)51(109-71)30-93-35(3)76/h50-74H,18-33H2,1-17H3/t50-,51-,52-,53-,54-,55-,56-,57-,58-,59-,60+,61+,62+,63+,64+,65+,66+,67+,68+,69+,70+,71-,72-,73-,74-/m1/s1. The molecule has 0 N–H and O–H groups in total. The smallest absolute Gasteiger partial charge is 0.303 e. The molecule has 5 saturated heterocycles. The topological polar surface area (TPSA) is 513 Å². The van der Waals surface area contributed by atoms with Crippen molar-refractivity contribution in [2.45, 2.75) is 335 Å². The van der Waals surface area contributed by atoms with Gasteiger partial charge in [0.05, 0.1) is 0 Å². The molecule has 5 aliphatic heterocycles. The van der Waals surface area contributed by atoms with Gasteiger partial charge >= 0.3 is 95.5 Å². The van der Waals surface area contributed by atoms with Crippen molar-refractivity contribution in [1.82, 2.24) is 0 Å². The van der Waals surface area contributed by atoms with Crippen LogP contribution in [0, 0.1) is 0 Å². The van der Waals surface area contributed by atoms with Gasteiger partial charge < -0.3 is 123 Å². The van der Waals surface area contributed by atoms with E-state index in [0.29, 0.717) is 12.8 Å². The van der Waals surface area contributed by atoms with Crippen LogP contribution in [-0.2, 0) is 200 Å². The summed E-state index contributed by atoms with van der Waals surface area (Å²) in [6.07, 6.45) is -42.3. The van der Waals surface area contributed by atoms with Gasteiger partial charge in [0.15, 0.2) is 105 Å². The molecule has 5 aliphatic rings. The van der Waals surface area contributed by atoms with Crippen LogP contribution >= 0.6 is 0 Å². The molecule has 0 aliphatic carbocycles. The summed E-state index contributed by atoms with van der Waals surface area (Å²) in [6, 6.07) is 0. The highest BCUT2D eigenvalue weighted by Crippen LogP contribution is 2.42. The van der Waals surface area contributed by atoms with E-state index in [1.165, 1.54) is 0 Å². The van der Waals surface area contributed by atoms with Crippen LogP contribution < -0.4 is 0 Å². The highest BCUT2D eigenvalue weighted by atomic mass is 16.8. The Labute approximate surface area is 668 Å². The minimum Gasteiger partial charge on any atom is -0.463 e. The largest absolute Gasteiger partial charge is 0.463 e. The zero-order chi connectivity index (χ0) is 86.4. The van der Waals surface area contributed by atoms with Crippen molar-refractivity contribution < 1.29 is 200 Å². The number of esters is 16. The van der Waals surface area contributed by atoms with Crippen LogP contribution in [0.4, 0.5) is 0 Å². The summed E-state index contributed by atoms with van der Waals surface area (Å²) in [6.45, 7) is 12.6. The van der Waals surface area contributed by atoms with Crippen LogP contribution in [0.1, 0.15) is 182 Å². The molecule has 0 bridgehead atoms. The van der Waals surface area contributed by atoms with Crippen LogP contribution in [0.2, 0.25) is 0 Å². The minimum absolute atomic E-state index is 0.105. The average molecular weight is 1670 g/mol. The molecule has 0 aromatic carbocycles. The predicted octanol–water partition coefficient (Wildman–Crippen LogP) is 2.15. The second-order valence-electron chi connectivity index (χ2n) is 27.5. The molecule has 0 amide bonds. The van der Waals surface area contributed by atoms with Gasteiger partial charge in [-0.3, -0.25) is 76.7 Å². The van der Waals surface area contributed by atoms with E-state index in [4.69, 9.17) is 123 Å². The number of hydrogen-bond acceptors (Lipinski definition) is 42. The zero-order valence-electron chi connectivity index (χ0n) is 67.9. The number of unbranched alkanes of at least 4 members (excludes halogenated alkanes) is 9. The van der Waals surface area contributed by atoms with Crippen molar-refractivity contribution in [2.24, 2.45) is 0 Å². The van der Waals surface area contributed by atoms with Crippen LogP contribution in [0.25, 0.3) is 0 Å². The first-order chi connectivity index (χ1) is 54.7. The first kappa shape index (κ1) is 97.7. The van der Waals surface area contributed by atoms with E-state index in [2.05, 4.69) is 6.92 Å². The Hall–Kier alpha value is -8.88. The van der Waals surface area contributed by atoms with Gasteiger partial charge in [-0.2, -0.15) is 0 Å². The molecule has 5 fully saturated rings. The van der Waals surface area contributed by atoms with Crippen LogP contribution in [0.3, 0.4) is 0 Å².